The molecule has 4 rings (SSSR count). The number of carbonyl (C=O) groups excluding carboxylic acids is 1. The molecule has 0 radical (unpaired) electrons. The summed E-state index contributed by atoms with van der Waals surface area (Å²) in [5.41, 5.74) is 0.453. The predicted octanol–water partition coefficient (Wildman–Crippen LogP) is 1.93. The first-order valence-corrected chi connectivity index (χ1v) is 8.11. The molecule has 0 spiro atoms. The number of anilines is 1. The molecule has 1 saturated heterocycles. The van der Waals surface area contributed by atoms with Gasteiger partial charge in [0.05, 0.1) is 23.4 Å². The number of aromatic nitrogens is 1. The van der Waals surface area contributed by atoms with Gasteiger partial charge in [-0.3, -0.25) is 4.79 Å². The maximum Gasteiger partial charge on any atom is 0.586 e. The minimum atomic E-state index is -3.65. The third kappa shape index (κ3) is 3.12. The number of nitrogens with one attached hydrogen (secondary N) is 2. The quantitative estimate of drug-likeness (QED) is 0.874. The van der Waals surface area contributed by atoms with Crippen LogP contribution in [0.15, 0.2) is 12.1 Å². The number of amides is 1. The minimum Gasteiger partial charge on any atom is -0.395 e. The van der Waals surface area contributed by atoms with E-state index in [1.54, 1.807) is 0 Å². The number of thiazole rings is 1. The highest BCUT2D eigenvalue weighted by molar-refractivity contribution is 7.22. The fourth-order valence-corrected chi connectivity index (χ4v) is 3.46. The van der Waals surface area contributed by atoms with Gasteiger partial charge in [0.2, 0.25) is 5.91 Å². The van der Waals surface area contributed by atoms with E-state index < -0.39 is 6.29 Å². The van der Waals surface area contributed by atoms with E-state index >= 15 is 0 Å². The summed E-state index contributed by atoms with van der Waals surface area (Å²) in [5, 5.41) is 6.30. The first-order chi connectivity index (χ1) is 11.5. The van der Waals surface area contributed by atoms with Gasteiger partial charge in [-0.2, -0.15) is 0 Å². The summed E-state index contributed by atoms with van der Waals surface area (Å²) in [4.78, 5) is 16.3. The lowest BCUT2D eigenvalue weighted by atomic mass is 10.2. The number of alkyl halides is 2. The van der Waals surface area contributed by atoms with Crippen molar-refractivity contribution in [1.29, 1.82) is 0 Å². The van der Waals surface area contributed by atoms with Crippen molar-refractivity contribution in [3.8, 4) is 11.5 Å². The van der Waals surface area contributed by atoms with E-state index in [4.69, 9.17) is 4.74 Å². The van der Waals surface area contributed by atoms with Crippen LogP contribution in [-0.2, 0) is 9.53 Å². The Balaban J connectivity index is 1.47. The van der Waals surface area contributed by atoms with Crippen molar-refractivity contribution in [2.75, 3.05) is 25.1 Å². The number of carbonyl (C=O) groups is 1. The monoisotopic (exact) mass is 357 g/mol. The van der Waals surface area contributed by atoms with Gasteiger partial charge in [-0.05, 0) is 0 Å². The molecule has 1 fully saturated rings. The zero-order valence-electron chi connectivity index (χ0n) is 12.3. The number of hydrogen-bond donors (Lipinski definition) is 2. The maximum atomic E-state index is 13.0. The number of halogens is 2. The molecule has 7 nitrogen and oxygen atoms in total. The standard InChI is InChI=1S/C14H13F2N3O4S/c15-14(16)22-9-4-8-11(5-10(9)23-14)24-13(18-8)19-12(20)3-7-6-21-2-1-17-7/h4-5,7,17H,1-3,6H2,(H,18,19,20). The Kier molecular flexibility index (Phi) is 3.74. The molecule has 128 valence electrons. The summed E-state index contributed by atoms with van der Waals surface area (Å²) >= 11 is 1.18. The van der Waals surface area contributed by atoms with Gasteiger partial charge in [0.15, 0.2) is 16.6 Å². The summed E-state index contributed by atoms with van der Waals surface area (Å²) in [5.74, 6) is -0.305. The molecule has 10 heteroatoms. The van der Waals surface area contributed by atoms with Crippen LogP contribution >= 0.6 is 11.3 Å². The van der Waals surface area contributed by atoms with Crippen LogP contribution in [0, 0.1) is 0 Å². The highest BCUT2D eigenvalue weighted by Crippen LogP contribution is 2.44. The lowest BCUT2D eigenvalue weighted by Crippen LogP contribution is -2.43. The number of benzene rings is 1. The van der Waals surface area contributed by atoms with Gasteiger partial charge < -0.3 is 24.8 Å². The van der Waals surface area contributed by atoms with E-state index in [0.29, 0.717) is 28.6 Å². The van der Waals surface area contributed by atoms with Crippen LogP contribution in [0.1, 0.15) is 6.42 Å². The molecule has 1 atom stereocenters. The fourth-order valence-electron chi connectivity index (χ4n) is 2.57. The number of morpholine rings is 1. The zero-order chi connectivity index (χ0) is 16.7. The molecule has 24 heavy (non-hydrogen) atoms. The Bertz CT molecular complexity index is 747. The van der Waals surface area contributed by atoms with E-state index in [9.17, 15) is 13.6 Å². The lowest BCUT2D eigenvalue weighted by molar-refractivity contribution is -0.286. The Morgan fingerprint density at radius 2 is 2.21 bits per heavy atom. The van der Waals surface area contributed by atoms with Gasteiger partial charge in [-0.1, -0.05) is 11.3 Å². The molecule has 0 bridgehead atoms. The van der Waals surface area contributed by atoms with Crippen molar-refractivity contribution in [2.45, 2.75) is 18.8 Å². The molecule has 1 aromatic carbocycles. The summed E-state index contributed by atoms with van der Waals surface area (Å²) < 4.78 is 40.8. The van der Waals surface area contributed by atoms with Crippen molar-refractivity contribution in [2.24, 2.45) is 0 Å². The first-order valence-electron chi connectivity index (χ1n) is 7.30. The molecule has 0 saturated carbocycles. The van der Waals surface area contributed by atoms with Crippen molar-refractivity contribution in [1.82, 2.24) is 10.3 Å². The third-order valence-electron chi connectivity index (χ3n) is 3.59. The Hall–Kier alpha value is -2.04. The summed E-state index contributed by atoms with van der Waals surface area (Å²) in [6.07, 6.45) is -3.39. The largest absolute Gasteiger partial charge is 0.586 e. The third-order valence-corrected chi connectivity index (χ3v) is 4.52. The highest BCUT2D eigenvalue weighted by atomic mass is 32.1. The molecular formula is C14H13F2N3O4S. The molecule has 2 aliphatic heterocycles. The van der Waals surface area contributed by atoms with E-state index in [0.717, 1.165) is 6.54 Å². The molecule has 1 unspecified atom stereocenters. The Morgan fingerprint density at radius 3 is 2.96 bits per heavy atom. The number of hydrogen-bond acceptors (Lipinski definition) is 7. The van der Waals surface area contributed by atoms with Gasteiger partial charge in [0, 0.05) is 31.1 Å². The van der Waals surface area contributed by atoms with Crippen molar-refractivity contribution < 1.29 is 27.8 Å². The second-order valence-electron chi connectivity index (χ2n) is 5.43. The topological polar surface area (TPSA) is 81.7 Å². The highest BCUT2D eigenvalue weighted by Gasteiger charge is 2.43. The molecule has 0 aliphatic carbocycles. The first kappa shape index (κ1) is 15.5. The predicted molar refractivity (Wildman–Crippen MR) is 81.7 cm³/mol. The van der Waals surface area contributed by atoms with Crippen molar-refractivity contribution in [3.63, 3.8) is 0 Å². The van der Waals surface area contributed by atoms with Crippen LogP contribution in [0.4, 0.5) is 13.9 Å². The SMILES string of the molecule is O=C(CC1COCCN1)Nc1nc2cc3c(cc2s1)OC(F)(F)O3. The Morgan fingerprint density at radius 1 is 1.42 bits per heavy atom. The lowest BCUT2D eigenvalue weighted by Gasteiger charge is -2.22. The van der Waals surface area contributed by atoms with Crippen molar-refractivity contribution in [3.05, 3.63) is 12.1 Å². The molecule has 3 heterocycles. The van der Waals surface area contributed by atoms with Gasteiger partial charge in [-0.15, -0.1) is 8.78 Å². The second-order valence-corrected chi connectivity index (χ2v) is 6.46. The van der Waals surface area contributed by atoms with Crippen LogP contribution in [0.2, 0.25) is 0 Å². The second kappa shape index (κ2) is 5.80. The smallest absolute Gasteiger partial charge is 0.395 e. The number of ether oxygens (including phenoxy) is 3. The Labute approximate surface area is 138 Å². The van der Waals surface area contributed by atoms with Crippen LogP contribution in [0.25, 0.3) is 10.2 Å². The van der Waals surface area contributed by atoms with Crippen LogP contribution in [-0.4, -0.2) is 43.0 Å². The summed E-state index contributed by atoms with van der Waals surface area (Å²) in [6.45, 7) is 1.85. The van der Waals surface area contributed by atoms with E-state index in [2.05, 4.69) is 25.1 Å². The minimum absolute atomic E-state index is 0.0269. The van der Waals surface area contributed by atoms with Crippen LogP contribution in [0.3, 0.4) is 0 Å². The van der Waals surface area contributed by atoms with Crippen molar-refractivity contribution >= 4 is 32.6 Å². The van der Waals surface area contributed by atoms with Gasteiger partial charge in [0.25, 0.3) is 0 Å². The summed E-state index contributed by atoms with van der Waals surface area (Å²) in [7, 11) is 0. The molecule has 2 aliphatic rings. The van der Waals surface area contributed by atoms with E-state index in [-0.39, 0.29) is 29.9 Å². The molecule has 1 aromatic heterocycles. The average Bonchev–Trinajstić information content (AvgIpc) is 3.02. The molecule has 2 N–H and O–H groups in total. The normalized spacial score (nSPS) is 21.8. The number of rotatable bonds is 3. The zero-order valence-corrected chi connectivity index (χ0v) is 13.1. The average molecular weight is 357 g/mol. The van der Waals surface area contributed by atoms with Crippen LogP contribution in [0.5, 0.6) is 11.5 Å². The summed E-state index contributed by atoms with van der Waals surface area (Å²) in [6, 6.07) is 2.77. The van der Waals surface area contributed by atoms with Crippen LogP contribution < -0.4 is 20.1 Å². The fraction of sp³-hybridized carbons (Fsp3) is 0.429. The van der Waals surface area contributed by atoms with Gasteiger partial charge in [-0.25, -0.2) is 4.98 Å². The number of fused-ring (bicyclic) bond motifs is 2. The molecular weight excluding hydrogens is 344 g/mol. The van der Waals surface area contributed by atoms with Gasteiger partial charge >= 0.3 is 6.29 Å². The van der Waals surface area contributed by atoms with E-state index in [1.807, 2.05) is 0 Å². The number of nitrogens with zero attached hydrogens (tertiary/aromatic N) is 1. The van der Waals surface area contributed by atoms with Gasteiger partial charge in [0.1, 0.15) is 0 Å². The maximum absolute atomic E-state index is 13.0. The molecule has 2 aromatic rings. The molecule has 1 amide bonds. The van der Waals surface area contributed by atoms with E-state index in [1.165, 1.54) is 23.5 Å².